The maximum atomic E-state index is 12.8. The van der Waals surface area contributed by atoms with Crippen molar-refractivity contribution in [3.05, 3.63) is 67.4 Å². The summed E-state index contributed by atoms with van der Waals surface area (Å²) in [5.41, 5.74) is 1.41. The number of hydrogen-bond donors (Lipinski definition) is 0. The van der Waals surface area contributed by atoms with Crippen molar-refractivity contribution in [2.24, 2.45) is 0 Å². The predicted octanol–water partition coefficient (Wildman–Crippen LogP) is 5.39. The Morgan fingerprint density at radius 3 is 2.63 bits per heavy atom. The molecule has 1 fully saturated rings. The highest BCUT2D eigenvalue weighted by atomic mass is 79.9. The summed E-state index contributed by atoms with van der Waals surface area (Å²) in [4.78, 5) is 38.3. The number of benzene rings is 2. The van der Waals surface area contributed by atoms with Crippen molar-refractivity contribution >= 4 is 66.8 Å². The number of halogens is 2. The predicted molar refractivity (Wildman–Crippen MR) is 122 cm³/mol. The number of rotatable bonds is 7. The van der Waals surface area contributed by atoms with Crippen molar-refractivity contribution in [1.82, 2.24) is 4.90 Å². The molecule has 0 atom stereocenters. The Morgan fingerprint density at radius 1 is 1.13 bits per heavy atom. The lowest BCUT2D eigenvalue weighted by atomic mass is 10.1. The van der Waals surface area contributed by atoms with E-state index in [9.17, 15) is 14.4 Å². The van der Waals surface area contributed by atoms with Crippen molar-refractivity contribution in [3.8, 4) is 5.75 Å². The van der Waals surface area contributed by atoms with E-state index in [1.165, 1.54) is 4.90 Å². The van der Waals surface area contributed by atoms with Gasteiger partial charge in [0.05, 0.1) is 18.1 Å². The number of nitrogens with zero attached hydrogens (tertiary/aromatic N) is 1. The summed E-state index contributed by atoms with van der Waals surface area (Å²) in [5.74, 6) is -0.452. The lowest BCUT2D eigenvalue weighted by Gasteiger charge is -2.12. The first-order valence-corrected chi connectivity index (χ1v) is 11.4. The molecular formula is C21H17Br2NO5S. The first kappa shape index (κ1) is 22.6. The zero-order valence-electron chi connectivity index (χ0n) is 15.9. The monoisotopic (exact) mass is 553 g/mol. The van der Waals surface area contributed by atoms with Crippen molar-refractivity contribution < 1.29 is 23.9 Å². The number of ether oxygens (including phenoxy) is 2. The molecule has 2 aromatic rings. The van der Waals surface area contributed by atoms with Gasteiger partial charge in [-0.2, -0.15) is 0 Å². The molecule has 1 aliphatic rings. The van der Waals surface area contributed by atoms with E-state index in [1.54, 1.807) is 31.2 Å². The average Bonchev–Trinajstić information content (AvgIpc) is 2.95. The first-order valence-electron chi connectivity index (χ1n) is 8.95. The second-order valence-electron chi connectivity index (χ2n) is 6.17. The summed E-state index contributed by atoms with van der Waals surface area (Å²) in [6, 6.07) is 12.6. The van der Waals surface area contributed by atoms with E-state index in [0.717, 1.165) is 26.3 Å². The molecule has 0 unspecified atom stereocenters. The van der Waals surface area contributed by atoms with Crippen LogP contribution in [0.25, 0.3) is 6.08 Å². The van der Waals surface area contributed by atoms with Gasteiger partial charge in [0, 0.05) is 14.5 Å². The van der Waals surface area contributed by atoms with E-state index < -0.39 is 5.97 Å². The quantitative estimate of drug-likeness (QED) is 0.337. The summed E-state index contributed by atoms with van der Waals surface area (Å²) in [7, 11) is 0. The third-order valence-electron chi connectivity index (χ3n) is 4.01. The van der Waals surface area contributed by atoms with E-state index in [1.807, 2.05) is 24.3 Å². The van der Waals surface area contributed by atoms with Gasteiger partial charge in [-0.15, -0.1) is 0 Å². The van der Waals surface area contributed by atoms with E-state index >= 15 is 0 Å². The molecule has 0 spiro atoms. The molecule has 2 amide bonds. The summed E-state index contributed by atoms with van der Waals surface area (Å²) in [6.45, 7) is 1.92. The van der Waals surface area contributed by atoms with Gasteiger partial charge in [0.1, 0.15) is 5.75 Å². The molecule has 9 heteroatoms. The molecule has 3 rings (SSSR count). The van der Waals surface area contributed by atoms with E-state index in [0.29, 0.717) is 11.3 Å². The molecule has 1 saturated heterocycles. The highest BCUT2D eigenvalue weighted by Crippen LogP contribution is 2.35. The molecule has 156 valence electrons. The van der Waals surface area contributed by atoms with E-state index in [2.05, 4.69) is 31.9 Å². The third-order valence-corrected chi connectivity index (χ3v) is 5.91. The number of carbonyl (C=O) groups is 3. The SMILES string of the molecule is CCOC(=O)COc1ccc(Br)cc1/C=C1/SC(=O)N(Cc2cccc(Br)c2)C1=O. The van der Waals surface area contributed by atoms with Gasteiger partial charge in [-0.3, -0.25) is 14.5 Å². The van der Waals surface area contributed by atoms with Gasteiger partial charge in [0.2, 0.25) is 0 Å². The zero-order valence-corrected chi connectivity index (χ0v) is 19.9. The minimum atomic E-state index is -0.485. The Kier molecular flexibility index (Phi) is 7.74. The Balaban J connectivity index is 1.81. The van der Waals surface area contributed by atoms with Crippen LogP contribution >= 0.6 is 43.6 Å². The molecule has 2 aromatic carbocycles. The summed E-state index contributed by atoms with van der Waals surface area (Å²) in [6.07, 6.45) is 1.59. The minimum absolute atomic E-state index is 0.187. The van der Waals surface area contributed by atoms with Crippen LogP contribution < -0.4 is 4.74 Å². The highest BCUT2D eigenvalue weighted by molar-refractivity contribution is 9.10. The molecule has 30 heavy (non-hydrogen) atoms. The fourth-order valence-corrected chi connectivity index (χ4v) is 4.35. The number of hydrogen-bond acceptors (Lipinski definition) is 6. The summed E-state index contributed by atoms with van der Waals surface area (Å²) in [5, 5.41) is -0.338. The molecule has 0 aliphatic carbocycles. The zero-order chi connectivity index (χ0) is 21.7. The second kappa shape index (κ2) is 10.3. The number of imide groups is 1. The minimum Gasteiger partial charge on any atom is -0.481 e. The standard InChI is InChI=1S/C21H17Br2NO5S/c1-2-28-19(25)12-29-17-7-6-16(23)9-14(17)10-18-20(26)24(21(27)30-18)11-13-4-3-5-15(22)8-13/h3-10H,2,11-12H2,1H3/b18-10+. The fourth-order valence-electron chi connectivity index (χ4n) is 2.70. The van der Waals surface area contributed by atoms with Crippen molar-refractivity contribution in [1.29, 1.82) is 0 Å². The maximum absolute atomic E-state index is 12.8. The van der Waals surface area contributed by atoms with E-state index in [-0.39, 0.29) is 35.8 Å². The van der Waals surface area contributed by atoms with Crippen LogP contribution in [-0.4, -0.2) is 35.2 Å². The largest absolute Gasteiger partial charge is 0.481 e. The molecular weight excluding hydrogens is 538 g/mol. The Bertz CT molecular complexity index is 1020. The molecule has 0 bridgehead atoms. The number of thioether (sulfide) groups is 1. The first-order chi connectivity index (χ1) is 14.4. The topological polar surface area (TPSA) is 72.9 Å². The van der Waals surface area contributed by atoms with Crippen LogP contribution in [0.15, 0.2) is 56.3 Å². The average molecular weight is 555 g/mol. The van der Waals surface area contributed by atoms with Crippen LogP contribution in [0.3, 0.4) is 0 Å². The molecule has 1 heterocycles. The van der Waals surface area contributed by atoms with Crippen molar-refractivity contribution in [2.45, 2.75) is 13.5 Å². The lowest BCUT2D eigenvalue weighted by Crippen LogP contribution is -2.27. The second-order valence-corrected chi connectivity index (χ2v) is 9.00. The van der Waals surface area contributed by atoms with Crippen LogP contribution in [0.2, 0.25) is 0 Å². The van der Waals surface area contributed by atoms with Crippen LogP contribution in [-0.2, 0) is 20.9 Å². The van der Waals surface area contributed by atoms with Gasteiger partial charge < -0.3 is 9.47 Å². The van der Waals surface area contributed by atoms with Crippen LogP contribution in [0.5, 0.6) is 5.75 Å². The third kappa shape index (κ3) is 5.74. The Labute approximate surface area is 194 Å². The highest BCUT2D eigenvalue weighted by Gasteiger charge is 2.35. The fraction of sp³-hybridized carbons (Fsp3) is 0.190. The molecule has 0 radical (unpaired) electrons. The lowest BCUT2D eigenvalue weighted by molar-refractivity contribution is -0.145. The van der Waals surface area contributed by atoms with Crippen LogP contribution in [0.4, 0.5) is 4.79 Å². The smallest absolute Gasteiger partial charge is 0.344 e. The van der Waals surface area contributed by atoms with Gasteiger partial charge in [-0.25, -0.2) is 4.79 Å². The molecule has 0 saturated carbocycles. The van der Waals surface area contributed by atoms with Gasteiger partial charge in [0.15, 0.2) is 6.61 Å². The summed E-state index contributed by atoms with van der Waals surface area (Å²) < 4.78 is 12.1. The maximum Gasteiger partial charge on any atom is 0.344 e. The van der Waals surface area contributed by atoms with Gasteiger partial charge in [0.25, 0.3) is 11.1 Å². The normalized spacial score (nSPS) is 15.0. The number of amides is 2. The molecule has 6 nitrogen and oxygen atoms in total. The molecule has 0 N–H and O–H groups in total. The van der Waals surface area contributed by atoms with E-state index in [4.69, 9.17) is 9.47 Å². The number of esters is 1. The van der Waals surface area contributed by atoms with Crippen LogP contribution in [0, 0.1) is 0 Å². The molecule has 1 aliphatic heterocycles. The number of carbonyl (C=O) groups excluding carboxylic acids is 3. The van der Waals surface area contributed by atoms with Gasteiger partial charge >= 0.3 is 5.97 Å². The van der Waals surface area contributed by atoms with Crippen molar-refractivity contribution in [3.63, 3.8) is 0 Å². The molecule has 0 aromatic heterocycles. The van der Waals surface area contributed by atoms with Crippen LogP contribution in [0.1, 0.15) is 18.1 Å². The van der Waals surface area contributed by atoms with Crippen molar-refractivity contribution in [2.75, 3.05) is 13.2 Å². The summed E-state index contributed by atoms with van der Waals surface area (Å²) >= 11 is 7.65. The van der Waals surface area contributed by atoms with Gasteiger partial charge in [-0.05, 0) is 60.7 Å². The Hall–Kier alpha value is -2.10. The van der Waals surface area contributed by atoms with Gasteiger partial charge in [-0.1, -0.05) is 44.0 Å². The Morgan fingerprint density at radius 2 is 1.90 bits per heavy atom.